The lowest BCUT2D eigenvalue weighted by molar-refractivity contribution is -0.122. The van der Waals surface area contributed by atoms with E-state index in [0.29, 0.717) is 30.6 Å². The molecule has 0 saturated carbocycles. The number of allylic oxidation sites excluding steroid dienone is 1. The van der Waals surface area contributed by atoms with E-state index in [1.807, 2.05) is 44.2 Å². The van der Waals surface area contributed by atoms with Crippen LogP contribution in [0.3, 0.4) is 0 Å². The van der Waals surface area contributed by atoms with Crippen LogP contribution in [-0.4, -0.2) is 34.9 Å². The SMILES string of the molecule is CCN1C(=O)C(=C2C=Cc3cc(C)ccc3N2CC)OC1=Nc1ccc2sc(C)nc2c1. The number of benzene rings is 2. The third kappa shape index (κ3) is 3.39. The molecule has 6 nitrogen and oxygen atoms in total. The summed E-state index contributed by atoms with van der Waals surface area (Å²) in [5.74, 6) is 0.131. The van der Waals surface area contributed by atoms with Crippen molar-refractivity contribution in [1.82, 2.24) is 9.88 Å². The number of ether oxygens (including phenoxy) is 1. The number of aryl methyl sites for hydroxylation is 2. The second-order valence-electron chi connectivity index (χ2n) is 7.78. The van der Waals surface area contributed by atoms with Crippen molar-refractivity contribution in [1.29, 1.82) is 0 Å². The van der Waals surface area contributed by atoms with Crippen LogP contribution in [0.4, 0.5) is 11.4 Å². The van der Waals surface area contributed by atoms with Gasteiger partial charge in [-0.3, -0.25) is 9.69 Å². The molecule has 1 fully saturated rings. The lowest BCUT2D eigenvalue weighted by Gasteiger charge is -2.29. The second kappa shape index (κ2) is 7.91. The van der Waals surface area contributed by atoms with Crippen molar-refractivity contribution >= 4 is 50.9 Å². The highest BCUT2D eigenvalue weighted by atomic mass is 32.1. The molecule has 1 aromatic heterocycles. The molecule has 3 heterocycles. The number of carbonyl (C=O) groups excluding carboxylic acids is 1. The number of rotatable bonds is 3. The van der Waals surface area contributed by atoms with Crippen molar-refractivity contribution in [2.24, 2.45) is 4.99 Å². The van der Waals surface area contributed by atoms with Gasteiger partial charge >= 0.3 is 6.02 Å². The molecule has 5 rings (SSSR count). The lowest BCUT2D eigenvalue weighted by atomic mass is 10.0. The highest BCUT2D eigenvalue weighted by molar-refractivity contribution is 7.18. The fourth-order valence-corrected chi connectivity index (χ4v) is 4.92. The van der Waals surface area contributed by atoms with E-state index in [1.54, 1.807) is 16.2 Å². The summed E-state index contributed by atoms with van der Waals surface area (Å²) in [7, 11) is 0. The Morgan fingerprint density at radius 1 is 1.03 bits per heavy atom. The first kappa shape index (κ1) is 20.5. The molecule has 2 aliphatic rings. The summed E-state index contributed by atoms with van der Waals surface area (Å²) in [6.07, 6.45) is 4.00. The van der Waals surface area contributed by atoms with Crippen LogP contribution in [0.5, 0.6) is 0 Å². The van der Waals surface area contributed by atoms with Gasteiger partial charge in [0.1, 0.15) is 0 Å². The Morgan fingerprint density at radius 2 is 1.84 bits per heavy atom. The van der Waals surface area contributed by atoms with Gasteiger partial charge in [0.2, 0.25) is 5.76 Å². The van der Waals surface area contributed by atoms with E-state index in [9.17, 15) is 4.79 Å². The Morgan fingerprint density at radius 3 is 2.62 bits per heavy atom. The first-order valence-corrected chi connectivity index (χ1v) is 11.6. The maximum absolute atomic E-state index is 13.3. The minimum Gasteiger partial charge on any atom is -0.417 e. The van der Waals surface area contributed by atoms with Crippen molar-refractivity contribution in [3.8, 4) is 0 Å². The predicted molar refractivity (Wildman–Crippen MR) is 130 cm³/mol. The third-order valence-electron chi connectivity index (χ3n) is 5.62. The predicted octanol–water partition coefficient (Wildman–Crippen LogP) is 5.54. The zero-order valence-electron chi connectivity index (χ0n) is 18.5. The summed E-state index contributed by atoms with van der Waals surface area (Å²) in [6, 6.07) is 12.5. The molecule has 0 N–H and O–H groups in total. The number of thiazole rings is 1. The molecular formula is C25H24N4O2S. The summed E-state index contributed by atoms with van der Waals surface area (Å²) in [5, 5.41) is 1.01. The van der Waals surface area contributed by atoms with Crippen molar-refractivity contribution in [2.45, 2.75) is 27.7 Å². The van der Waals surface area contributed by atoms with E-state index in [4.69, 9.17) is 4.74 Å². The fourth-order valence-electron chi connectivity index (χ4n) is 4.12. The number of hydrogen-bond donors (Lipinski definition) is 0. The van der Waals surface area contributed by atoms with Crippen LogP contribution in [-0.2, 0) is 9.53 Å². The molecular weight excluding hydrogens is 420 g/mol. The maximum Gasteiger partial charge on any atom is 0.305 e. The van der Waals surface area contributed by atoms with Crippen molar-refractivity contribution in [3.63, 3.8) is 0 Å². The lowest BCUT2D eigenvalue weighted by Crippen LogP contribution is -2.30. The number of amidine groups is 1. The van der Waals surface area contributed by atoms with Gasteiger partial charge in [0.15, 0.2) is 0 Å². The van der Waals surface area contributed by atoms with Gasteiger partial charge in [-0.25, -0.2) is 4.98 Å². The van der Waals surface area contributed by atoms with Gasteiger partial charge in [-0.1, -0.05) is 17.7 Å². The van der Waals surface area contributed by atoms with Crippen LogP contribution in [0.25, 0.3) is 16.3 Å². The Bertz CT molecular complexity index is 1330. The molecule has 0 radical (unpaired) electrons. The highest BCUT2D eigenvalue weighted by Crippen LogP contribution is 2.35. The molecule has 0 unspecified atom stereocenters. The summed E-state index contributed by atoms with van der Waals surface area (Å²) < 4.78 is 7.22. The summed E-state index contributed by atoms with van der Waals surface area (Å²) in [5.41, 5.74) is 5.77. The highest BCUT2D eigenvalue weighted by Gasteiger charge is 2.38. The number of likely N-dealkylation sites (N-methyl/N-ethyl adjacent to an activating group) is 2. The van der Waals surface area contributed by atoms with E-state index in [2.05, 4.69) is 46.9 Å². The molecule has 0 bridgehead atoms. The molecule has 2 aliphatic heterocycles. The zero-order chi connectivity index (χ0) is 22.4. The van der Waals surface area contributed by atoms with Gasteiger partial charge in [-0.15, -0.1) is 11.3 Å². The van der Waals surface area contributed by atoms with Crippen LogP contribution in [0, 0.1) is 13.8 Å². The number of carbonyl (C=O) groups is 1. The average molecular weight is 445 g/mol. The molecule has 3 aromatic rings. The van der Waals surface area contributed by atoms with Crippen LogP contribution < -0.4 is 4.90 Å². The monoisotopic (exact) mass is 444 g/mol. The minimum atomic E-state index is -0.175. The number of aromatic nitrogens is 1. The zero-order valence-corrected chi connectivity index (χ0v) is 19.4. The van der Waals surface area contributed by atoms with Crippen LogP contribution in [0.2, 0.25) is 0 Å². The van der Waals surface area contributed by atoms with Crippen LogP contribution >= 0.6 is 11.3 Å². The molecule has 162 valence electrons. The number of nitrogens with zero attached hydrogens (tertiary/aromatic N) is 4. The first-order chi connectivity index (χ1) is 15.5. The van der Waals surface area contributed by atoms with Crippen LogP contribution in [0.15, 0.2) is 58.9 Å². The smallest absolute Gasteiger partial charge is 0.305 e. The number of amides is 1. The number of anilines is 1. The molecule has 32 heavy (non-hydrogen) atoms. The molecule has 0 atom stereocenters. The van der Waals surface area contributed by atoms with Gasteiger partial charge in [0.05, 0.1) is 26.6 Å². The number of hydrogen-bond acceptors (Lipinski definition) is 6. The summed E-state index contributed by atoms with van der Waals surface area (Å²) in [4.78, 5) is 26.2. The van der Waals surface area contributed by atoms with Crippen molar-refractivity contribution in [3.05, 3.63) is 70.1 Å². The van der Waals surface area contributed by atoms with Crippen molar-refractivity contribution < 1.29 is 9.53 Å². The average Bonchev–Trinajstić information content (AvgIpc) is 3.30. The Labute approximate surface area is 191 Å². The standard InChI is InChI=1S/C25H24N4O2S/c1-5-28-20-10-7-15(3)13-17(20)8-11-21(28)23-24(30)29(6-2)25(31-23)27-18-9-12-22-19(14-18)26-16(4)32-22/h7-14H,5-6H2,1-4H3. The first-order valence-electron chi connectivity index (χ1n) is 10.7. The Hall–Kier alpha value is -3.45. The van der Waals surface area contributed by atoms with E-state index in [-0.39, 0.29) is 5.91 Å². The normalized spacial score (nSPS) is 19.2. The minimum absolute atomic E-state index is 0.175. The topological polar surface area (TPSA) is 58.0 Å². The van der Waals surface area contributed by atoms with E-state index in [1.165, 1.54) is 5.56 Å². The van der Waals surface area contributed by atoms with Gasteiger partial charge < -0.3 is 9.64 Å². The molecule has 2 aromatic carbocycles. The summed E-state index contributed by atoms with van der Waals surface area (Å²) in [6.45, 7) is 9.24. The van der Waals surface area contributed by atoms with E-state index < -0.39 is 0 Å². The van der Waals surface area contributed by atoms with Crippen molar-refractivity contribution in [2.75, 3.05) is 18.0 Å². The summed E-state index contributed by atoms with van der Waals surface area (Å²) >= 11 is 1.65. The van der Waals surface area contributed by atoms with Crippen LogP contribution in [0.1, 0.15) is 30.0 Å². The van der Waals surface area contributed by atoms with E-state index >= 15 is 0 Å². The molecule has 1 saturated heterocycles. The largest absolute Gasteiger partial charge is 0.417 e. The third-order valence-corrected chi connectivity index (χ3v) is 6.57. The quantitative estimate of drug-likeness (QED) is 0.498. The molecule has 0 aliphatic carbocycles. The maximum atomic E-state index is 13.3. The second-order valence-corrected chi connectivity index (χ2v) is 9.02. The van der Waals surface area contributed by atoms with Gasteiger partial charge in [-0.2, -0.15) is 4.99 Å². The Kier molecular flexibility index (Phi) is 5.06. The molecule has 7 heteroatoms. The number of fused-ring (bicyclic) bond motifs is 2. The Balaban J connectivity index is 1.56. The fraction of sp³-hybridized carbons (Fsp3) is 0.240. The molecule has 1 amide bonds. The van der Waals surface area contributed by atoms with Gasteiger partial charge in [-0.05, 0) is 69.7 Å². The number of aliphatic imine (C=N–C) groups is 1. The van der Waals surface area contributed by atoms with Gasteiger partial charge in [0.25, 0.3) is 5.91 Å². The molecule has 0 spiro atoms. The van der Waals surface area contributed by atoms with E-state index in [0.717, 1.165) is 32.2 Å². The van der Waals surface area contributed by atoms with Gasteiger partial charge in [0, 0.05) is 18.8 Å².